The van der Waals surface area contributed by atoms with Crippen LogP contribution in [0.2, 0.25) is 0 Å². The van der Waals surface area contributed by atoms with Gasteiger partial charge in [0.1, 0.15) is 0 Å². The molecule has 4 heteroatoms. The summed E-state index contributed by atoms with van der Waals surface area (Å²) in [5.74, 6) is 0.478. The zero-order valence-electron chi connectivity index (χ0n) is 8.46. The minimum absolute atomic E-state index is 0.0450. The van der Waals surface area contributed by atoms with Crippen LogP contribution in [0.4, 0.5) is 0 Å². The lowest BCUT2D eigenvalue weighted by Crippen LogP contribution is -2.39. The van der Waals surface area contributed by atoms with Crippen LogP contribution in [0.5, 0.6) is 0 Å². The Labute approximate surface area is 97.1 Å². The first-order valence-electron chi connectivity index (χ1n) is 5.13. The quantitative estimate of drug-likeness (QED) is 0.857. The van der Waals surface area contributed by atoms with Crippen LogP contribution in [0.1, 0.15) is 36.2 Å². The van der Waals surface area contributed by atoms with Gasteiger partial charge in [0.05, 0.1) is 10.7 Å². The molecule has 0 amide bonds. The van der Waals surface area contributed by atoms with E-state index in [0.717, 1.165) is 17.3 Å². The normalized spacial score (nSPS) is 18.5. The molecule has 1 aromatic rings. The van der Waals surface area contributed by atoms with Gasteiger partial charge in [0.25, 0.3) is 0 Å². The number of furan rings is 1. The highest BCUT2D eigenvalue weighted by Crippen LogP contribution is 2.44. The van der Waals surface area contributed by atoms with Crippen molar-refractivity contribution in [2.24, 2.45) is 11.1 Å². The van der Waals surface area contributed by atoms with E-state index in [-0.39, 0.29) is 11.2 Å². The predicted molar refractivity (Wildman–Crippen MR) is 60.7 cm³/mol. The first-order valence-corrected chi connectivity index (χ1v) is 5.92. The maximum Gasteiger partial charge on any atom is 0.199 e. The van der Waals surface area contributed by atoms with E-state index in [1.54, 1.807) is 6.07 Å². The maximum absolute atomic E-state index is 11.9. The fourth-order valence-corrected chi connectivity index (χ4v) is 2.47. The molecule has 2 N–H and O–H groups in total. The summed E-state index contributed by atoms with van der Waals surface area (Å²) in [6.45, 7) is 0.594. The maximum atomic E-state index is 11.9. The second kappa shape index (κ2) is 4.10. The summed E-state index contributed by atoms with van der Waals surface area (Å²) in [4.78, 5) is 11.9. The largest absolute Gasteiger partial charge is 0.460 e. The molecule has 0 aliphatic heterocycles. The Balaban J connectivity index is 2.07. The molecule has 0 radical (unpaired) electrons. The van der Waals surface area contributed by atoms with E-state index < -0.39 is 0 Å². The first kappa shape index (κ1) is 10.9. The SMILES string of the molecule is NCC1(CC(=O)c2occc2Br)CCC1. The Hall–Kier alpha value is -0.610. The van der Waals surface area contributed by atoms with Gasteiger partial charge in [0, 0.05) is 6.42 Å². The molecule has 1 saturated carbocycles. The molecular weight excluding hydrogens is 258 g/mol. The van der Waals surface area contributed by atoms with Crippen LogP contribution in [-0.4, -0.2) is 12.3 Å². The summed E-state index contributed by atoms with van der Waals surface area (Å²) in [7, 11) is 0. The lowest BCUT2D eigenvalue weighted by atomic mass is 9.66. The highest BCUT2D eigenvalue weighted by molar-refractivity contribution is 9.10. The molecule has 0 unspecified atom stereocenters. The van der Waals surface area contributed by atoms with E-state index >= 15 is 0 Å². The molecule has 0 saturated heterocycles. The standard InChI is InChI=1S/C11H14BrNO2/c12-8-2-5-15-10(8)9(14)6-11(7-13)3-1-4-11/h2,5H,1,3-4,6-7,13H2. The van der Waals surface area contributed by atoms with Crippen LogP contribution in [0.15, 0.2) is 21.2 Å². The molecule has 1 aromatic heterocycles. The molecule has 1 aliphatic carbocycles. The zero-order chi connectivity index (χ0) is 10.9. The molecule has 3 nitrogen and oxygen atoms in total. The number of hydrogen-bond acceptors (Lipinski definition) is 3. The minimum Gasteiger partial charge on any atom is -0.460 e. The third-order valence-corrected chi connectivity index (χ3v) is 3.88. The van der Waals surface area contributed by atoms with E-state index in [4.69, 9.17) is 10.2 Å². The number of rotatable bonds is 4. The van der Waals surface area contributed by atoms with Gasteiger partial charge in [-0.2, -0.15) is 0 Å². The van der Waals surface area contributed by atoms with Crippen molar-refractivity contribution in [2.45, 2.75) is 25.7 Å². The van der Waals surface area contributed by atoms with Crippen LogP contribution in [0.25, 0.3) is 0 Å². The van der Waals surface area contributed by atoms with Gasteiger partial charge in [-0.25, -0.2) is 0 Å². The van der Waals surface area contributed by atoms with Gasteiger partial charge >= 0.3 is 0 Å². The Morgan fingerprint density at radius 1 is 1.60 bits per heavy atom. The van der Waals surface area contributed by atoms with Gasteiger partial charge in [0.2, 0.25) is 0 Å². The first-order chi connectivity index (χ1) is 7.17. The second-order valence-corrected chi connectivity index (χ2v) is 5.11. The molecule has 0 bridgehead atoms. The van der Waals surface area contributed by atoms with Crippen LogP contribution in [0, 0.1) is 5.41 Å². The van der Waals surface area contributed by atoms with E-state index in [1.165, 1.54) is 12.7 Å². The van der Waals surface area contributed by atoms with E-state index in [1.807, 2.05) is 0 Å². The fourth-order valence-electron chi connectivity index (χ4n) is 2.04. The van der Waals surface area contributed by atoms with Crippen LogP contribution < -0.4 is 5.73 Å². The topological polar surface area (TPSA) is 56.2 Å². The van der Waals surface area contributed by atoms with Gasteiger partial charge in [-0.15, -0.1) is 0 Å². The third kappa shape index (κ3) is 2.01. The Morgan fingerprint density at radius 3 is 2.73 bits per heavy atom. The zero-order valence-corrected chi connectivity index (χ0v) is 10.0. The van der Waals surface area contributed by atoms with Crippen LogP contribution in [-0.2, 0) is 0 Å². The van der Waals surface area contributed by atoms with Crippen LogP contribution >= 0.6 is 15.9 Å². The number of nitrogens with two attached hydrogens (primary N) is 1. The molecule has 2 rings (SSSR count). The summed E-state index contributed by atoms with van der Waals surface area (Å²) in [6.07, 6.45) is 5.34. The molecule has 0 atom stereocenters. The smallest absolute Gasteiger partial charge is 0.199 e. The number of halogens is 1. The number of hydrogen-bond donors (Lipinski definition) is 1. The summed E-state index contributed by atoms with van der Waals surface area (Å²) in [5, 5.41) is 0. The Morgan fingerprint density at radius 2 is 2.33 bits per heavy atom. The molecule has 1 heterocycles. The average Bonchev–Trinajstić information content (AvgIpc) is 2.58. The van der Waals surface area contributed by atoms with Crippen molar-refractivity contribution in [1.29, 1.82) is 0 Å². The Kier molecular flexibility index (Phi) is 2.98. The number of carbonyl (C=O) groups is 1. The average molecular weight is 272 g/mol. The van der Waals surface area contributed by atoms with Crippen molar-refractivity contribution in [2.75, 3.05) is 6.54 Å². The van der Waals surface area contributed by atoms with Gasteiger partial charge in [-0.05, 0) is 46.8 Å². The lowest BCUT2D eigenvalue weighted by molar-refractivity contribution is 0.0759. The fraction of sp³-hybridized carbons (Fsp3) is 0.545. The summed E-state index contributed by atoms with van der Waals surface area (Å²) >= 11 is 3.29. The highest BCUT2D eigenvalue weighted by Gasteiger charge is 2.38. The molecule has 15 heavy (non-hydrogen) atoms. The van der Waals surface area contributed by atoms with Crippen molar-refractivity contribution >= 4 is 21.7 Å². The van der Waals surface area contributed by atoms with Crippen molar-refractivity contribution in [1.82, 2.24) is 0 Å². The summed E-state index contributed by atoms with van der Waals surface area (Å²) < 4.78 is 5.88. The number of Topliss-reactive ketones (excluding diaryl/α,β-unsaturated/α-hetero) is 1. The van der Waals surface area contributed by atoms with E-state index in [2.05, 4.69) is 15.9 Å². The van der Waals surface area contributed by atoms with Gasteiger partial charge in [-0.3, -0.25) is 4.79 Å². The number of carbonyl (C=O) groups excluding carboxylic acids is 1. The molecule has 1 fully saturated rings. The molecule has 82 valence electrons. The Bertz CT molecular complexity index is 363. The molecular formula is C11H14BrNO2. The molecule has 0 aromatic carbocycles. The van der Waals surface area contributed by atoms with Gasteiger partial charge < -0.3 is 10.2 Å². The second-order valence-electron chi connectivity index (χ2n) is 4.26. The molecule has 1 aliphatic rings. The van der Waals surface area contributed by atoms with E-state index in [9.17, 15) is 4.79 Å². The third-order valence-electron chi connectivity index (χ3n) is 3.25. The highest BCUT2D eigenvalue weighted by atomic mass is 79.9. The van der Waals surface area contributed by atoms with Crippen molar-refractivity contribution < 1.29 is 9.21 Å². The number of ketones is 1. The lowest BCUT2D eigenvalue weighted by Gasteiger charge is -2.40. The summed E-state index contributed by atoms with van der Waals surface area (Å²) in [6, 6.07) is 1.74. The van der Waals surface area contributed by atoms with Gasteiger partial charge in [-0.1, -0.05) is 6.42 Å². The minimum atomic E-state index is 0.0450. The molecule has 0 spiro atoms. The van der Waals surface area contributed by atoms with E-state index in [0.29, 0.717) is 18.7 Å². The van der Waals surface area contributed by atoms with Crippen LogP contribution in [0.3, 0.4) is 0 Å². The predicted octanol–water partition coefficient (Wildman–Crippen LogP) is 2.74. The van der Waals surface area contributed by atoms with Crippen molar-refractivity contribution in [3.63, 3.8) is 0 Å². The summed E-state index contributed by atoms with van der Waals surface area (Å²) in [5.41, 5.74) is 5.76. The van der Waals surface area contributed by atoms with Crippen molar-refractivity contribution in [3.8, 4) is 0 Å². The monoisotopic (exact) mass is 271 g/mol. The van der Waals surface area contributed by atoms with Gasteiger partial charge in [0.15, 0.2) is 11.5 Å². The van der Waals surface area contributed by atoms with Crippen molar-refractivity contribution in [3.05, 3.63) is 22.6 Å².